The Balaban J connectivity index is 1.34. The quantitative estimate of drug-likeness (QED) is 0.802. The lowest BCUT2D eigenvalue weighted by Gasteiger charge is -2.30. The Bertz CT molecular complexity index is 752. The largest absolute Gasteiger partial charge is 0.427 e. The number of anilines is 1. The Hall–Kier alpha value is -1.43. The van der Waals surface area contributed by atoms with Gasteiger partial charge in [0, 0.05) is 49.1 Å². The van der Waals surface area contributed by atoms with E-state index in [1.54, 1.807) is 4.90 Å². The molecule has 6 heteroatoms. The molecule has 29 heavy (non-hydrogen) atoms. The van der Waals surface area contributed by atoms with Gasteiger partial charge in [-0.3, -0.25) is 9.69 Å². The summed E-state index contributed by atoms with van der Waals surface area (Å²) in [6.07, 6.45) is 8.05. The highest BCUT2D eigenvalue weighted by atomic mass is 35.5. The molecule has 1 aromatic rings. The van der Waals surface area contributed by atoms with E-state index in [-0.39, 0.29) is 17.9 Å². The van der Waals surface area contributed by atoms with Gasteiger partial charge in [0.15, 0.2) is 5.69 Å². The van der Waals surface area contributed by atoms with E-state index in [1.165, 1.54) is 0 Å². The van der Waals surface area contributed by atoms with Crippen LogP contribution in [0.5, 0.6) is 0 Å². The molecule has 1 aliphatic carbocycles. The monoisotopic (exact) mass is 419 g/mol. The maximum absolute atomic E-state index is 13.0. The van der Waals surface area contributed by atoms with E-state index in [9.17, 15) is 9.59 Å². The first-order chi connectivity index (χ1) is 14.0. The molecule has 0 aromatic heterocycles. The smallest absolute Gasteiger partial charge is 0.381 e. The first-order valence-electron chi connectivity index (χ1n) is 11.1. The van der Waals surface area contributed by atoms with Crippen molar-refractivity contribution >= 4 is 34.8 Å². The highest BCUT2D eigenvalue weighted by molar-refractivity contribution is 6.31. The summed E-state index contributed by atoms with van der Waals surface area (Å²) in [5, 5.41) is 0.668. The van der Waals surface area contributed by atoms with Crippen molar-refractivity contribution in [3.8, 4) is 0 Å². The Labute approximate surface area is 178 Å². The molecular formula is C23H32ClN2O3+. The van der Waals surface area contributed by atoms with E-state index < -0.39 is 0 Å². The Morgan fingerprint density at radius 3 is 2.66 bits per heavy atom. The fourth-order valence-electron chi connectivity index (χ4n) is 5.29. The molecule has 0 radical (unpaired) electrons. The van der Waals surface area contributed by atoms with Gasteiger partial charge in [-0.1, -0.05) is 18.0 Å². The van der Waals surface area contributed by atoms with E-state index in [4.69, 9.17) is 16.3 Å². The molecule has 5 nitrogen and oxygen atoms in total. The lowest BCUT2D eigenvalue weighted by atomic mass is 9.75. The molecule has 1 saturated carbocycles. The highest BCUT2D eigenvalue weighted by Gasteiger charge is 2.41. The van der Waals surface area contributed by atoms with Crippen LogP contribution in [0.3, 0.4) is 0 Å². The van der Waals surface area contributed by atoms with Crippen molar-refractivity contribution in [1.82, 2.24) is 0 Å². The lowest BCUT2D eigenvalue weighted by molar-refractivity contribution is -0.742. The first kappa shape index (κ1) is 20.8. The predicted octanol–water partition coefficient (Wildman–Crippen LogP) is 4.01. The summed E-state index contributed by atoms with van der Waals surface area (Å²) in [5.41, 5.74) is 1.93. The van der Waals surface area contributed by atoms with E-state index in [2.05, 4.69) is 0 Å². The third-order valence-electron chi connectivity index (χ3n) is 7.05. The molecule has 3 aliphatic rings. The molecule has 2 fully saturated rings. The van der Waals surface area contributed by atoms with Crippen LogP contribution in [0.2, 0.25) is 5.02 Å². The van der Waals surface area contributed by atoms with E-state index in [0.717, 1.165) is 87.4 Å². The van der Waals surface area contributed by atoms with Crippen molar-refractivity contribution in [2.75, 3.05) is 31.7 Å². The zero-order chi connectivity index (χ0) is 20.4. The normalized spacial score (nSPS) is 30.6. The van der Waals surface area contributed by atoms with Gasteiger partial charge in [-0.15, -0.1) is 0 Å². The number of quaternary nitrogens is 1. The van der Waals surface area contributed by atoms with Crippen LogP contribution in [0.25, 0.3) is 0 Å². The molecule has 1 aromatic carbocycles. The van der Waals surface area contributed by atoms with Crippen molar-refractivity contribution < 1.29 is 19.2 Å². The summed E-state index contributed by atoms with van der Waals surface area (Å²) in [6, 6.07) is 5.77. The predicted molar refractivity (Wildman–Crippen MR) is 114 cm³/mol. The minimum absolute atomic E-state index is 0.0926. The van der Waals surface area contributed by atoms with Crippen LogP contribution in [0.15, 0.2) is 18.2 Å². The summed E-state index contributed by atoms with van der Waals surface area (Å²) in [4.78, 5) is 28.4. The summed E-state index contributed by atoms with van der Waals surface area (Å²) >= 11 is 6.19. The van der Waals surface area contributed by atoms with Crippen molar-refractivity contribution in [1.29, 1.82) is 0 Å². The number of urea groups is 1. The molecule has 2 amide bonds. The Morgan fingerprint density at radius 2 is 1.86 bits per heavy atom. The molecule has 2 heterocycles. The summed E-state index contributed by atoms with van der Waals surface area (Å²) in [5.74, 6) is 1.32. The summed E-state index contributed by atoms with van der Waals surface area (Å²) < 4.78 is 5.59. The van der Waals surface area contributed by atoms with Gasteiger partial charge in [0.05, 0.1) is 6.54 Å². The topological polar surface area (TPSA) is 51.1 Å². The summed E-state index contributed by atoms with van der Waals surface area (Å²) in [6.45, 7) is 2.35. The number of ketones is 1. The van der Waals surface area contributed by atoms with Gasteiger partial charge in [0.1, 0.15) is 11.5 Å². The SMILES string of the molecule is CN1C(=O)[NH+](CC2CCC(C(=O)C3CCCCOCC3)CC2)c2cc(Cl)ccc21. The fraction of sp³-hybridized carbons (Fsp3) is 0.652. The second kappa shape index (κ2) is 9.15. The van der Waals surface area contributed by atoms with Crippen LogP contribution < -0.4 is 9.80 Å². The Morgan fingerprint density at radius 1 is 1.10 bits per heavy atom. The molecule has 1 N–H and O–H groups in total. The van der Waals surface area contributed by atoms with Gasteiger partial charge < -0.3 is 4.74 Å². The molecule has 4 rings (SSSR count). The molecule has 1 saturated heterocycles. The lowest BCUT2D eigenvalue weighted by Crippen LogP contribution is -3.10. The average molecular weight is 420 g/mol. The number of hydrogen-bond donors (Lipinski definition) is 1. The average Bonchev–Trinajstić information content (AvgIpc) is 2.92. The maximum Gasteiger partial charge on any atom is 0.427 e. The second-order valence-corrected chi connectivity index (χ2v) is 9.36. The number of nitrogens with one attached hydrogen (secondary N) is 1. The number of halogens is 1. The van der Waals surface area contributed by atoms with Gasteiger partial charge in [0.25, 0.3) is 0 Å². The van der Waals surface area contributed by atoms with Crippen LogP contribution in [0, 0.1) is 17.8 Å². The number of carbonyl (C=O) groups excluding carboxylic acids is 2. The molecule has 0 spiro atoms. The standard InChI is InChI=1S/C23H31ClN2O3/c1-25-20-10-9-19(24)14-21(20)26(23(25)28)15-16-5-7-18(8-6-16)22(27)17-4-2-3-12-29-13-11-17/h9-10,14,16-18H,2-8,11-13,15H2,1H3/p+1. The van der Waals surface area contributed by atoms with Gasteiger partial charge in [-0.05, 0) is 57.1 Å². The number of Topliss-reactive ketones (excluding diaryl/α,β-unsaturated/α-hetero) is 1. The van der Waals surface area contributed by atoms with E-state index in [0.29, 0.717) is 16.7 Å². The zero-order valence-corrected chi connectivity index (χ0v) is 18.0. The van der Waals surface area contributed by atoms with Crippen LogP contribution in [-0.2, 0) is 9.53 Å². The maximum atomic E-state index is 13.0. The molecule has 158 valence electrons. The third kappa shape index (κ3) is 4.52. The molecular weight excluding hydrogens is 388 g/mol. The third-order valence-corrected chi connectivity index (χ3v) is 7.29. The zero-order valence-electron chi connectivity index (χ0n) is 17.3. The highest BCUT2D eigenvalue weighted by Crippen LogP contribution is 2.34. The minimum atomic E-state index is 0.0926. The first-order valence-corrected chi connectivity index (χ1v) is 11.5. The van der Waals surface area contributed by atoms with Crippen LogP contribution >= 0.6 is 11.6 Å². The number of nitrogens with zero attached hydrogens (tertiary/aromatic N) is 1. The number of fused-ring (bicyclic) bond motifs is 1. The number of ether oxygens (including phenoxy) is 1. The number of benzene rings is 1. The molecule has 2 aliphatic heterocycles. The van der Waals surface area contributed by atoms with Crippen molar-refractivity contribution in [2.24, 2.45) is 17.8 Å². The van der Waals surface area contributed by atoms with Crippen molar-refractivity contribution in [3.05, 3.63) is 23.2 Å². The Kier molecular flexibility index (Phi) is 6.57. The number of amides is 2. The minimum Gasteiger partial charge on any atom is -0.381 e. The number of hydrogen-bond acceptors (Lipinski definition) is 3. The number of carbonyl (C=O) groups is 2. The van der Waals surface area contributed by atoms with Crippen LogP contribution in [0.1, 0.15) is 51.4 Å². The van der Waals surface area contributed by atoms with Gasteiger partial charge in [-0.2, -0.15) is 0 Å². The second-order valence-electron chi connectivity index (χ2n) is 8.92. The van der Waals surface area contributed by atoms with E-state index >= 15 is 0 Å². The fourth-order valence-corrected chi connectivity index (χ4v) is 5.46. The molecule has 2 atom stereocenters. The van der Waals surface area contributed by atoms with Crippen LogP contribution in [-0.4, -0.2) is 38.6 Å². The van der Waals surface area contributed by atoms with Crippen molar-refractivity contribution in [3.63, 3.8) is 0 Å². The van der Waals surface area contributed by atoms with Gasteiger partial charge in [0.2, 0.25) is 0 Å². The van der Waals surface area contributed by atoms with Crippen molar-refractivity contribution in [2.45, 2.75) is 51.4 Å². The molecule has 2 unspecified atom stereocenters. The van der Waals surface area contributed by atoms with E-state index in [1.807, 2.05) is 25.2 Å². The summed E-state index contributed by atoms with van der Waals surface area (Å²) in [7, 11) is 1.83. The van der Waals surface area contributed by atoms with Gasteiger partial charge in [-0.25, -0.2) is 9.69 Å². The molecule has 0 bridgehead atoms. The van der Waals surface area contributed by atoms with Crippen LogP contribution in [0.4, 0.5) is 16.2 Å². The number of rotatable bonds is 4. The van der Waals surface area contributed by atoms with Gasteiger partial charge >= 0.3 is 6.03 Å².